The van der Waals surface area contributed by atoms with Gasteiger partial charge in [-0.3, -0.25) is 25.0 Å². The Balaban J connectivity index is 2.38. The van der Waals surface area contributed by atoms with Gasteiger partial charge in [-0.2, -0.15) is 13.2 Å². The van der Waals surface area contributed by atoms with Crippen LogP contribution in [0.15, 0.2) is 36.4 Å². The lowest BCUT2D eigenvalue weighted by atomic mass is 10.0. The predicted octanol–water partition coefficient (Wildman–Crippen LogP) is 4.00. The Bertz CT molecular complexity index is 946. The summed E-state index contributed by atoms with van der Waals surface area (Å²) in [6.45, 7) is -0.371. The first-order valence-corrected chi connectivity index (χ1v) is 7.53. The highest BCUT2D eigenvalue weighted by Gasteiger charge is 2.29. The number of amides is 1. The fourth-order valence-corrected chi connectivity index (χ4v) is 2.26. The summed E-state index contributed by atoms with van der Waals surface area (Å²) in [5.74, 6) is -1.27. The molecule has 9 nitrogen and oxygen atoms in total. The lowest BCUT2D eigenvalue weighted by Crippen LogP contribution is -2.20. The van der Waals surface area contributed by atoms with Gasteiger partial charge in [0, 0.05) is 11.6 Å². The molecule has 0 spiro atoms. The third kappa shape index (κ3) is 4.93. The maximum Gasteiger partial charge on any atom is 0.422 e. The van der Waals surface area contributed by atoms with Gasteiger partial charge in [0.05, 0.1) is 27.2 Å². The summed E-state index contributed by atoms with van der Waals surface area (Å²) >= 11 is 0. The number of nitrogens with one attached hydrogen (secondary N) is 1. The number of halogens is 3. The molecule has 148 valence electrons. The number of ether oxygens (including phenoxy) is 1. The predicted molar refractivity (Wildman–Crippen MR) is 90.4 cm³/mol. The van der Waals surface area contributed by atoms with Crippen molar-refractivity contribution in [3.63, 3.8) is 0 Å². The highest BCUT2D eigenvalue weighted by molar-refractivity contribution is 6.07. The number of nitro groups is 2. The standard InChI is InChI=1S/C16H12F3N3O6/c1-9-11(6-10(21(24)25)7-13(9)22(26)27)15(23)20-12-4-2-3-5-14(12)28-8-16(17,18)19/h2-7H,8H2,1H3,(H,20,23). The second-order valence-electron chi connectivity index (χ2n) is 5.51. The number of non-ortho nitro benzene ring substituents is 1. The number of alkyl halides is 3. The van der Waals surface area contributed by atoms with E-state index < -0.39 is 39.9 Å². The van der Waals surface area contributed by atoms with Crippen LogP contribution < -0.4 is 10.1 Å². The molecule has 0 saturated carbocycles. The number of hydrogen-bond donors (Lipinski definition) is 1. The van der Waals surface area contributed by atoms with Crippen LogP contribution >= 0.6 is 0 Å². The Morgan fingerprint density at radius 1 is 1.14 bits per heavy atom. The molecule has 2 aromatic carbocycles. The number of carbonyl (C=O) groups excluding carboxylic acids is 1. The first-order chi connectivity index (χ1) is 13.0. The molecule has 12 heteroatoms. The van der Waals surface area contributed by atoms with Crippen molar-refractivity contribution in [3.8, 4) is 5.75 Å². The van der Waals surface area contributed by atoms with Crippen LogP contribution in [0.1, 0.15) is 15.9 Å². The van der Waals surface area contributed by atoms with E-state index in [1.54, 1.807) is 0 Å². The molecule has 0 aliphatic carbocycles. The quantitative estimate of drug-likeness (QED) is 0.578. The minimum atomic E-state index is -4.60. The topological polar surface area (TPSA) is 125 Å². The van der Waals surface area contributed by atoms with E-state index in [2.05, 4.69) is 10.1 Å². The van der Waals surface area contributed by atoms with E-state index in [0.717, 1.165) is 6.07 Å². The normalized spacial score (nSPS) is 11.0. The largest absolute Gasteiger partial charge is 0.482 e. The van der Waals surface area contributed by atoms with E-state index in [9.17, 15) is 38.2 Å². The van der Waals surface area contributed by atoms with Gasteiger partial charge in [0.25, 0.3) is 17.3 Å². The van der Waals surface area contributed by atoms with Gasteiger partial charge in [0.2, 0.25) is 0 Å². The molecule has 0 aromatic heterocycles. The van der Waals surface area contributed by atoms with Gasteiger partial charge < -0.3 is 10.1 Å². The summed E-state index contributed by atoms with van der Waals surface area (Å²) in [6.07, 6.45) is -4.60. The first kappa shape index (κ1) is 20.6. The molecule has 2 rings (SSSR count). The number of carbonyl (C=O) groups is 1. The molecule has 0 saturated heterocycles. The van der Waals surface area contributed by atoms with Gasteiger partial charge >= 0.3 is 6.18 Å². The minimum Gasteiger partial charge on any atom is -0.482 e. The zero-order chi connectivity index (χ0) is 21.1. The molecule has 1 N–H and O–H groups in total. The summed E-state index contributed by atoms with van der Waals surface area (Å²) in [6, 6.07) is 6.79. The highest BCUT2D eigenvalue weighted by Crippen LogP contribution is 2.30. The number of nitrogens with zero attached hydrogens (tertiary/aromatic N) is 2. The third-order valence-electron chi connectivity index (χ3n) is 3.54. The zero-order valence-electron chi connectivity index (χ0n) is 14.1. The van der Waals surface area contributed by atoms with E-state index in [4.69, 9.17) is 0 Å². The fraction of sp³-hybridized carbons (Fsp3) is 0.188. The highest BCUT2D eigenvalue weighted by atomic mass is 19.4. The molecule has 0 unspecified atom stereocenters. The molecule has 2 aromatic rings. The molecule has 0 radical (unpaired) electrons. The summed E-state index contributed by atoms with van der Waals surface area (Å²) in [4.78, 5) is 32.8. The summed E-state index contributed by atoms with van der Waals surface area (Å²) < 4.78 is 41.7. The third-order valence-corrected chi connectivity index (χ3v) is 3.54. The maximum atomic E-state index is 12.5. The van der Waals surface area contributed by atoms with Crippen LogP contribution in [0.4, 0.5) is 30.2 Å². The SMILES string of the molecule is Cc1c(C(=O)Nc2ccccc2OCC(F)(F)F)cc([N+](=O)[O-])cc1[N+](=O)[O-]. The number of nitro benzene ring substituents is 2. The van der Waals surface area contributed by atoms with Crippen molar-refractivity contribution < 1.29 is 32.5 Å². The minimum absolute atomic E-state index is 0.134. The van der Waals surface area contributed by atoms with Gasteiger partial charge in [0.15, 0.2) is 6.61 Å². The van der Waals surface area contributed by atoms with Gasteiger partial charge in [-0.05, 0) is 19.1 Å². The van der Waals surface area contributed by atoms with E-state index >= 15 is 0 Å². The van der Waals surface area contributed by atoms with Crippen molar-refractivity contribution >= 4 is 23.0 Å². The lowest BCUT2D eigenvalue weighted by Gasteiger charge is -2.14. The van der Waals surface area contributed by atoms with Crippen LogP contribution in [-0.2, 0) is 0 Å². The molecule has 0 fully saturated rings. The molecule has 0 aliphatic rings. The van der Waals surface area contributed by atoms with E-state index in [0.29, 0.717) is 6.07 Å². The monoisotopic (exact) mass is 399 g/mol. The van der Waals surface area contributed by atoms with Gasteiger partial charge in [-0.25, -0.2) is 0 Å². The van der Waals surface area contributed by atoms with Crippen LogP contribution in [0.25, 0.3) is 0 Å². The van der Waals surface area contributed by atoms with Gasteiger partial charge in [-0.1, -0.05) is 12.1 Å². The van der Waals surface area contributed by atoms with Crippen LogP contribution in [0.3, 0.4) is 0 Å². The summed E-state index contributed by atoms with van der Waals surface area (Å²) in [5, 5.41) is 24.3. The number of benzene rings is 2. The van der Waals surface area contributed by atoms with Crippen LogP contribution in [0.2, 0.25) is 0 Å². The smallest absolute Gasteiger partial charge is 0.422 e. The van der Waals surface area contributed by atoms with Crippen molar-refractivity contribution in [2.45, 2.75) is 13.1 Å². The average molecular weight is 399 g/mol. The first-order valence-electron chi connectivity index (χ1n) is 7.53. The molecule has 1 amide bonds. The van der Waals surface area contributed by atoms with Gasteiger partial charge in [0.1, 0.15) is 5.75 Å². The summed E-state index contributed by atoms with van der Waals surface area (Å²) in [5.41, 5.74) is -1.95. The second-order valence-corrected chi connectivity index (χ2v) is 5.51. The van der Waals surface area contributed by atoms with Crippen molar-refractivity contribution in [2.24, 2.45) is 0 Å². The molecular formula is C16H12F3N3O6. The zero-order valence-corrected chi connectivity index (χ0v) is 14.1. The maximum absolute atomic E-state index is 12.5. The van der Waals surface area contributed by atoms with Crippen molar-refractivity contribution in [2.75, 3.05) is 11.9 Å². The van der Waals surface area contributed by atoms with Crippen molar-refractivity contribution in [1.29, 1.82) is 0 Å². The Morgan fingerprint density at radius 3 is 2.36 bits per heavy atom. The lowest BCUT2D eigenvalue weighted by molar-refractivity contribution is -0.394. The van der Waals surface area contributed by atoms with Crippen LogP contribution in [-0.4, -0.2) is 28.5 Å². The molecule has 0 atom stereocenters. The molecule has 0 aliphatic heterocycles. The van der Waals surface area contributed by atoms with E-state index in [-0.39, 0.29) is 22.6 Å². The Labute approximate surface area is 155 Å². The number of rotatable bonds is 6. The molecule has 28 heavy (non-hydrogen) atoms. The number of anilines is 1. The second kappa shape index (κ2) is 7.90. The van der Waals surface area contributed by atoms with E-state index in [1.807, 2.05) is 0 Å². The molecule has 0 heterocycles. The summed E-state index contributed by atoms with van der Waals surface area (Å²) in [7, 11) is 0. The fourth-order valence-electron chi connectivity index (χ4n) is 2.26. The Hall–Kier alpha value is -3.70. The number of para-hydroxylation sites is 2. The van der Waals surface area contributed by atoms with Crippen LogP contribution in [0.5, 0.6) is 5.75 Å². The van der Waals surface area contributed by atoms with E-state index in [1.165, 1.54) is 31.2 Å². The Kier molecular flexibility index (Phi) is 5.81. The molecular weight excluding hydrogens is 387 g/mol. The van der Waals surface area contributed by atoms with Gasteiger partial charge in [-0.15, -0.1) is 0 Å². The Morgan fingerprint density at radius 2 is 1.79 bits per heavy atom. The molecule has 0 bridgehead atoms. The number of hydrogen-bond acceptors (Lipinski definition) is 6. The van der Waals surface area contributed by atoms with Crippen molar-refractivity contribution in [1.82, 2.24) is 0 Å². The van der Waals surface area contributed by atoms with Crippen LogP contribution in [0, 0.1) is 27.2 Å². The van der Waals surface area contributed by atoms with Crippen molar-refractivity contribution in [3.05, 3.63) is 67.8 Å². The average Bonchev–Trinajstić information content (AvgIpc) is 2.59.